The van der Waals surface area contributed by atoms with Gasteiger partial charge in [-0.15, -0.1) is 0 Å². The lowest BCUT2D eigenvalue weighted by molar-refractivity contribution is -0.150. The van der Waals surface area contributed by atoms with Crippen LogP contribution in [0.15, 0.2) is 0 Å². The summed E-state index contributed by atoms with van der Waals surface area (Å²) >= 11 is 0. The predicted octanol–water partition coefficient (Wildman–Crippen LogP) is 3.14. The van der Waals surface area contributed by atoms with Crippen LogP contribution in [0.5, 0.6) is 0 Å². The summed E-state index contributed by atoms with van der Waals surface area (Å²) in [6.07, 6.45) is 6.60. The van der Waals surface area contributed by atoms with Gasteiger partial charge in [0, 0.05) is 12.6 Å². The van der Waals surface area contributed by atoms with Gasteiger partial charge in [-0.1, -0.05) is 26.7 Å². The summed E-state index contributed by atoms with van der Waals surface area (Å²) in [5.74, 6) is -0.639. The molecule has 0 radical (unpaired) electrons. The third-order valence-corrected chi connectivity index (χ3v) is 4.09. The molecule has 1 N–H and O–H groups in total. The molecule has 2 atom stereocenters. The maximum absolute atomic E-state index is 11.5. The van der Waals surface area contributed by atoms with Gasteiger partial charge in [0.1, 0.15) is 0 Å². The largest absolute Gasteiger partial charge is 0.481 e. The number of rotatable bonds is 6. The van der Waals surface area contributed by atoms with Crippen LogP contribution < -0.4 is 0 Å². The minimum Gasteiger partial charge on any atom is -0.481 e. The van der Waals surface area contributed by atoms with Crippen LogP contribution in [0.3, 0.4) is 0 Å². The fourth-order valence-corrected chi connectivity index (χ4v) is 2.98. The molecule has 0 aromatic carbocycles. The van der Waals surface area contributed by atoms with Crippen LogP contribution >= 0.6 is 0 Å². The Bertz CT molecular complexity index is 255. The third-order valence-electron chi connectivity index (χ3n) is 4.09. The molecule has 100 valence electrons. The highest BCUT2D eigenvalue weighted by Crippen LogP contribution is 2.29. The van der Waals surface area contributed by atoms with Crippen molar-refractivity contribution in [2.45, 2.75) is 65.3 Å². The molecule has 0 spiro atoms. The maximum atomic E-state index is 11.5. The Labute approximate surface area is 105 Å². The summed E-state index contributed by atoms with van der Waals surface area (Å²) in [5.41, 5.74) is -0.570. The molecule has 1 fully saturated rings. The SMILES string of the molecule is CCCC(C)(CN1CCCCC1CC)C(=O)O. The van der Waals surface area contributed by atoms with Crippen LogP contribution in [0.4, 0.5) is 0 Å². The van der Waals surface area contributed by atoms with Crippen molar-refractivity contribution in [3.63, 3.8) is 0 Å². The number of nitrogens with zero attached hydrogens (tertiary/aromatic N) is 1. The molecule has 17 heavy (non-hydrogen) atoms. The van der Waals surface area contributed by atoms with E-state index in [0.717, 1.165) is 25.8 Å². The first-order valence-electron chi connectivity index (χ1n) is 7.01. The van der Waals surface area contributed by atoms with Gasteiger partial charge in [0.25, 0.3) is 0 Å². The average molecular weight is 241 g/mol. The first-order chi connectivity index (χ1) is 8.03. The van der Waals surface area contributed by atoms with Gasteiger partial charge in [-0.2, -0.15) is 0 Å². The van der Waals surface area contributed by atoms with Crippen molar-refractivity contribution in [2.24, 2.45) is 5.41 Å². The van der Waals surface area contributed by atoms with E-state index in [0.29, 0.717) is 12.6 Å². The topological polar surface area (TPSA) is 40.5 Å². The van der Waals surface area contributed by atoms with Crippen LogP contribution in [0.25, 0.3) is 0 Å². The Kier molecular flexibility index (Phi) is 5.44. The third kappa shape index (κ3) is 3.70. The quantitative estimate of drug-likeness (QED) is 0.776. The molecule has 1 aliphatic heterocycles. The molecular formula is C14H27NO2. The second-order valence-corrected chi connectivity index (χ2v) is 5.64. The molecular weight excluding hydrogens is 214 g/mol. The van der Waals surface area contributed by atoms with Crippen molar-refractivity contribution >= 4 is 5.97 Å². The van der Waals surface area contributed by atoms with Crippen LogP contribution in [0, 0.1) is 5.41 Å². The fraction of sp³-hybridized carbons (Fsp3) is 0.929. The van der Waals surface area contributed by atoms with E-state index in [1.54, 1.807) is 0 Å². The number of carboxylic acids is 1. The van der Waals surface area contributed by atoms with Gasteiger partial charge < -0.3 is 5.11 Å². The molecule has 0 aromatic heterocycles. The molecule has 0 aliphatic carbocycles. The molecule has 0 aromatic rings. The van der Waals surface area contributed by atoms with E-state index in [1.165, 1.54) is 19.3 Å². The molecule has 3 nitrogen and oxygen atoms in total. The van der Waals surface area contributed by atoms with Crippen LogP contribution in [-0.2, 0) is 4.79 Å². The molecule has 0 amide bonds. The van der Waals surface area contributed by atoms with Crippen molar-refractivity contribution in [3.8, 4) is 0 Å². The maximum Gasteiger partial charge on any atom is 0.310 e. The lowest BCUT2D eigenvalue weighted by Crippen LogP contribution is -2.47. The van der Waals surface area contributed by atoms with Gasteiger partial charge in [0.2, 0.25) is 0 Å². The average Bonchev–Trinajstić information content (AvgIpc) is 2.30. The second-order valence-electron chi connectivity index (χ2n) is 5.64. The summed E-state index contributed by atoms with van der Waals surface area (Å²) in [7, 11) is 0. The fourth-order valence-electron chi connectivity index (χ4n) is 2.98. The predicted molar refractivity (Wildman–Crippen MR) is 70.2 cm³/mol. The smallest absolute Gasteiger partial charge is 0.310 e. The summed E-state index contributed by atoms with van der Waals surface area (Å²) in [6, 6.07) is 0.597. The lowest BCUT2D eigenvalue weighted by Gasteiger charge is -2.40. The molecule has 0 bridgehead atoms. The van der Waals surface area contributed by atoms with E-state index < -0.39 is 11.4 Å². The van der Waals surface area contributed by atoms with Crippen molar-refractivity contribution in [1.29, 1.82) is 0 Å². The number of aliphatic carboxylic acids is 1. The molecule has 0 saturated carbocycles. The van der Waals surface area contributed by atoms with Crippen molar-refractivity contribution < 1.29 is 9.90 Å². The highest BCUT2D eigenvalue weighted by molar-refractivity contribution is 5.74. The first kappa shape index (κ1) is 14.5. The Balaban J connectivity index is 2.67. The monoisotopic (exact) mass is 241 g/mol. The van der Waals surface area contributed by atoms with E-state index in [2.05, 4.69) is 18.7 Å². The summed E-state index contributed by atoms with van der Waals surface area (Å²) in [5, 5.41) is 9.43. The number of likely N-dealkylation sites (tertiary alicyclic amines) is 1. The normalized spacial score (nSPS) is 25.5. The number of hydrogen-bond donors (Lipinski definition) is 1. The van der Waals surface area contributed by atoms with E-state index >= 15 is 0 Å². The Morgan fingerprint density at radius 3 is 2.65 bits per heavy atom. The zero-order valence-corrected chi connectivity index (χ0v) is 11.5. The van der Waals surface area contributed by atoms with Crippen LogP contribution in [0.2, 0.25) is 0 Å². The Morgan fingerprint density at radius 1 is 1.41 bits per heavy atom. The standard InChI is InChI=1S/C14H27NO2/c1-4-9-14(3,13(16)17)11-15-10-7-6-8-12(15)5-2/h12H,4-11H2,1-3H3,(H,16,17). The summed E-state index contributed by atoms with van der Waals surface area (Å²) in [6.45, 7) is 7.97. The minimum atomic E-state index is -0.639. The van der Waals surface area contributed by atoms with E-state index in [-0.39, 0.29) is 0 Å². The van der Waals surface area contributed by atoms with Gasteiger partial charge in [0.05, 0.1) is 5.41 Å². The number of carboxylic acid groups (broad SMARTS) is 1. The first-order valence-corrected chi connectivity index (χ1v) is 7.01. The molecule has 3 heteroatoms. The van der Waals surface area contributed by atoms with E-state index in [9.17, 15) is 9.90 Å². The minimum absolute atomic E-state index is 0.570. The zero-order valence-electron chi connectivity index (χ0n) is 11.5. The number of carbonyl (C=O) groups is 1. The van der Waals surface area contributed by atoms with Crippen LogP contribution in [0.1, 0.15) is 59.3 Å². The van der Waals surface area contributed by atoms with Gasteiger partial charge in [-0.3, -0.25) is 9.69 Å². The number of piperidine rings is 1. The summed E-state index contributed by atoms with van der Waals surface area (Å²) < 4.78 is 0. The Hall–Kier alpha value is -0.570. The molecule has 1 saturated heterocycles. The van der Waals surface area contributed by atoms with Crippen LogP contribution in [-0.4, -0.2) is 35.1 Å². The molecule has 1 rings (SSSR count). The highest BCUT2D eigenvalue weighted by atomic mass is 16.4. The number of hydrogen-bond acceptors (Lipinski definition) is 2. The van der Waals surface area contributed by atoms with E-state index in [4.69, 9.17) is 0 Å². The Morgan fingerprint density at radius 2 is 2.12 bits per heavy atom. The molecule has 2 unspecified atom stereocenters. The molecule has 1 heterocycles. The zero-order chi connectivity index (χ0) is 12.9. The van der Waals surface area contributed by atoms with Gasteiger partial charge in [-0.25, -0.2) is 0 Å². The molecule has 1 aliphatic rings. The lowest BCUT2D eigenvalue weighted by atomic mass is 9.83. The van der Waals surface area contributed by atoms with Crippen molar-refractivity contribution in [2.75, 3.05) is 13.1 Å². The second kappa shape index (κ2) is 6.39. The summed E-state index contributed by atoms with van der Waals surface area (Å²) in [4.78, 5) is 13.9. The van der Waals surface area contributed by atoms with Crippen molar-refractivity contribution in [3.05, 3.63) is 0 Å². The highest BCUT2D eigenvalue weighted by Gasteiger charge is 2.36. The van der Waals surface area contributed by atoms with Gasteiger partial charge in [-0.05, 0) is 39.2 Å². The van der Waals surface area contributed by atoms with Crippen molar-refractivity contribution in [1.82, 2.24) is 4.90 Å². The van der Waals surface area contributed by atoms with E-state index in [1.807, 2.05) is 6.92 Å². The van der Waals surface area contributed by atoms with Gasteiger partial charge in [0.15, 0.2) is 0 Å². The van der Waals surface area contributed by atoms with Gasteiger partial charge >= 0.3 is 5.97 Å².